The number of carbonyl (C=O) groups excluding carboxylic acids is 5. The monoisotopic (exact) mass is 570 g/mol. The maximum atomic E-state index is 12.5. The smallest absolute Gasteiger partial charge is 0.307 e. The number of amides is 2. The molecule has 0 saturated carbocycles. The minimum Gasteiger partial charge on any atom is -0.463 e. The number of rotatable bonds is 11. The Balaban J connectivity index is 1.46. The summed E-state index contributed by atoms with van der Waals surface area (Å²) in [4.78, 5) is 72.0. The van der Waals surface area contributed by atoms with Crippen LogP contribution >= 0.6 is 0 Å². The van der Waals surface area contributed by atoms with E-state index in [2.05, 4.69) is 25.6 Å². The minimum atomic E-state index is -1.17. The quantitative estimate of drug-likeness (QED) is 0.128. The Hall–Kier alpha value is -4.99. The van der Waals surface area contributed by atoms with E-state index in [1.54, 1.807) is 36.1 Å². The van der Waals surface area contributed by atoms with Gasteiger partial charge in [-0.25, -0.2) is 19.5 Å². The second-order valence-electron chi connectivity index (χ2n) is 8.97. The van der Waals surface area contributed by atoms with E-state index in [0.29, 0.717) is 12.0 Å². The van der Waals surface area contributed by atoms with Crippen LogP contribution < -0.4 is 15.2 Å². The fourth-order valence-corrected chi connectivity index (χ4v) is 4.27. The van der Waals surface area contributed by atoms with E-state index in [4.69, 9.17) is 18.9 Å². The lowest BCUT2D eigenvalue weighted by Crippen LogP contribution is -2.40. The van der Waals surface area contributed by atoms with Gasteiger partial charge in [-0.05, 0) is 6.07 Å². The summed E-state index contributed by atoms with van der Waals surface area (Å²) in [5, 5.41) is 5.07. The van der Waals surface area contributed by atoms with Gasteiger partial charge in [-0.3, -0.25) is 28.5 Å². The zero-order chi connectivity index (χ0) is 29.5. The molecule has 1 aliphatic rings. The largest absolute Gasteiger partial charge is 0.463 e. The Morgan fingerprint density at radius 2 is 1.88 bits per heavy atom. The zero-order valence-electron chi connectivity index (χ0n) is 22.4. The number of nitrogens with zero attached hydrogens (tertiary/aromatic N) is 5. The molecule has 0 spiro atoms. The first-order valence-electron chi connectivity index (χ1n) is 12.4. The highest BCUT2D eigenvalue weighted by atomic mass is 16.7. The molecule has 16 heteroatoms. The van der Waals surface area contributed by atoms with Crippen molar-refractivity contribution in [2.24, 2.45) is 7.05 Å². The van der Waals surface area contributed by atoms with Crippen LogP contribution in [0.25, 0.3) is 11.2 Å². The summed E-state index contributed by atoms with van der Waals surface area (Å²) in [6.07, 6.45) is 1.80. The second-order valence-corrected chi connectivity index (χ2v) is 8.97. The molecule has 41 heavy (non-hydrogen) atoms. The third-order valence-corrected chi connectivity index (χ3v) is 5.94. The Morgan fingerprint density at radius 1 is 1.12 bits per heavy atom. The maximum Gasteiger partial charge on any atom is 0.307 e. The number of aryl methyl sites for hydroxylation is 1. The van der Waals surface area contributed by atoms with E-state index in [0.717, 1.165) is 0 Å². The van der Waals surface area contributed by atoms with E-state index < -0.39 is 42.4 Å². The summed E-state index contributed by atoms with van der Waals surface area (Å²) in [5.41, 5.74) is 0.893. The van der Waals surface area contributed by atoms with Crippen molar-refractivity contribution in [2.75, 3.05) is 18.5 Å². The molecule has 1 fully saturated rings. The van der Waals surface area contributed by atoms with Gasteiger partial charge < -0.3 is 29.6 Å². The highest BCUT2D eigenvalue weighted by molar-refractivity contribution is 5.93. The molecule has 3 aromatic heterocycles. The standard InChI is InChI=1S/C25H27N7O9/c1-14(34)39-20-17(10-38-18(36)6-7-26-24(37)16-5-4-8-31(3)9-16)41-25(21(20)40-15(2)35)32-12-29-19-22(30-13-33)27-11-28-23(19)32/h4-5,8-9,11-13,17,20-21,25H,6-7,10H2,1-3H3,(H-,26,27,28,30,33,37)/p+1/t17-,20-,21+,25-/m1/s1. The summed E-state index contributed by atoms with van der Waals surface area (Å²) in [6.45, 7) is 2.02. The predicted molar refractivity (Wildman–Crippen MR) is 136 cm³/mol. The predicted octanol–water partition coefficient (Wildman–Crippen LogP) is -0.657. The Kier molecular flexibility index (Phi) is 9.13. The lowest BCUT2D eigenvalue weighted by Gasteiger charge is -2.23. The van der Waals surface area contributed by atoms with E-state index in [1.165, 1.54) is 31.1 Å². The number of fused-ring (bicyclic) bond motifs is 1. The molecule has 0 bridgehead atoms. The normalized spacial score (nSPS) is 19.8. The average molecular weight is 571 g/mol. The number of anilines is 1. The summed E-state index contributed by atoms with van der Waals surface area (Å²) < 4.78 is 25.5. The Labute approximate surface area is 233 Å². The third kappa shape index (κ3) is 6.96. The van der Waals surface area contributed by atoms with Crippen LogP contribution in [-0.2, 0) is 45.2 Å². The summed E-state index contributed by atoms with van der Waals surface area (Å²) in [5.74, 6) is -2.21. The zero-order valence-corrected chi connectivity index (χ0v) is 22.4. The molecule has 0 radical (unpaired) electrons. The van der Waals surface area contributed by atoms with Gasteiger partial charge in [0, 0.05) is 26.5 Å². The topological polar surface area (TPSA) is 194 Å². The van der Waals surface area contributed by atoms with Crippen LogP contribution in [-0.4, -0.2) is 81.2 Å². The molecule has 3 aromatic rings. The number of hydrogen-bond donors (Lipinski definition) is 2. The molecule has 2 N–H and O–H groups in total. The van der Waals surface area contributed by atoms with Gasteiger partial charge in [-0.15, -0.1) is 0 Å². The van der Waals surface area contributed by atoms with Crippen molar-refractivity contribution < 1.29 is 47.5 Å². The van der Waals surface area contributed by atoms with Gasteiger partial charge in [0.25, 0.3) is 5.91 Å². The van der Waals surface area contributed by atoms with Crippen LogP contribution in [0.1, 0.15) is 36.9 Å². The number of ether oxygens (including phenoxy) is 4. The number of nitrogens with one attached hydrogen (secondary N) is 2. The Bertz CT molecular complexity index is 1460. The number of aromatic nitrogens is 5. The first-order valence-corrected chi connectivity index (χ1v) is 12.4. The van der Waals surface area contributed by atoms with Gasteiger partial charge in [-0.2, -0.15) is 0 Å². The van der Waals surface area contributed by atoms with Gasteiger partial charge >= 0.3 is 17.9 Å². The molecule has 16 nitrogen and oxygen atoms in total. The SMILES string of the molecule is CC(=O)O[C@H]1[C@H](OC(C)=O)[C@@H](COC(=O)CCNC(=O)c2ccc[n+](C)c2)O[C@H]1n1cnc2c(NC=O)ncnc21. The Morgan fingerprint density at radius 3 is 2.59 bits per heavy atom. The fraction of sp³-hybridized carbons (Fsp3) is 0.400. The van der Waals surface area contributed by atoms with E-state index >= 15 is 0 Å². The van der Waals surface area contributed by atoms with Crippen LogP contribution in [0.2, 0.25) is 0 Å². The molecule has 216 valence electrons. The van der Waals surface area contributed by atoms with Crippen LogP contribution in [0.15, 0.2) is 37.2 Å². The first-order chi connectivity index (χ1) is 19.7. The molecular formula is C25H28N7O9+. The van der Waals surface area contributed by atoms with Crippen LogP contribution in [0, 0.1) is 0 Å². The van der Waals surface area contributed by atoms with E-state index in [9.17, 15) is 24.0 Å². The molecule has 4 atom stereocenters. The second kappa shape index (κ2) is 12.9. The average Bonchev–Trinajstić information content (AvgIpc) is 3.49. The van der Waals surface area contributed by atoms with Crippen molar-refractivity contribution in [1.29, 1.82) is 0 Å². The molecule has 4 heterocycles. The molecule has 2 amide bonds. The number of hydrogen-bond acceptors (Lipinski definition) is 12. The number of imidazole rings is 1. The molecule has 1 saturated heterocycles. The minimum absolute atomic E-state index is 0.0196. The molecule has 0 aromatic carbocycles. The lowest BCUT2D eigenvalue weighted by atomic mass is 10.1. The van der Waals surface area contributed by atoms with Crippen molar-refractivity contribution in [2.45, 2.75) is 44.8 Å². The van der Waals surface area contributed by atoms with Gasteiger partial charge in [0.2, 0.25) is 6.41 Å². The van der Waals surface area contributed by atoms with Gasteiger partial charge in [-0.1, -0.05) is 0 Å². The van der Waals surface area contributed by atoms with Crippen LogP contribution in [0.5, 0.6) is 0 Å². The van der Waals surface area contributed by atoms with Gasteiger partial charge in [0.1, 0.15) is 31.6 Å². The van der Waals surface area contributed by atoms with Gasteiger partial charge in [0.15, 0.2) is 47.8 Å². The van der Waals surface area contributed by atoms with E-state index in [-0.39, 0.29) is 42.5 Å². The lowest BCUT2D eigenvalue weighted by molar-refractivity contribution is -0.671. The van der Waals surface area contributed by atoms with Crippen LogP contribution in [0.3, 0.4) is 0 Å². The van der Waals surface area contributed by atoms with Crippen LogP contribution in [0.4, 0.5) is 5.82 Å². The number of carbonyl (C=O) groups is 5. The molecule has 0 aliphatic carbocycles. The first kappa shape index (κ1) is 29.0. The molecule has 0 unspecified atom stereocenters. The molecule has 1 aliphatic heterocycles. The van der Waals surface area contributed by atoms with Gasteiger partial charge in [0.05, 0.1) is 12.7 Å². The van der Waals surface area contributed by atoms with E-state index in [1.807, 2.05) is 0 Å². The highest BCUT2D eigenvalue weighted by Crippen LogP contribution is 2.36. The van der Waals surface area contributed by atoms with Crippen molar-refractivity contribution in [1.82, 2.24) is 24.8 Å². The molecular weight excluding hydrogens is 542 g/mol. The summed E-state index contributed by atoms with van der Waals surface area (Å²) >= 11 is 0. The van der Waals surface area contributed by atoms with Crippen molar-refractivity contribution >= 4 is 47.2 Å². The third-order valence-electron chi connectivity index (χ3n) is 5.94. The van der Waals surface area contributed by atoms with Crippen molar-refractivity contribution in [3.63, 3.8) is 0 Å². The van der Waals surface area contributed by atoms with Crippen molar-refractivity contribution in [3.8, 4) is 0 Å². The highest BCUT2D eigenvalue weighted by Gasteiger charge is 2.51. The molecule has 4 rings (SSSR count). The fourth-order valence-electron chi connectivity index (χ4n) is 4.27. The number of pyridine rings is 1. The van der Waals surface area contributed by atoms with Crippen molar-refractivity contribution in [3.05, 3.63) is 42.7 Å². The number of esters is 3. The summed E-state index contributed by atoms with van der Waals surface area (Å²) in [6, 6.07) is 3.37. The summed E-state index contributed by atoms with van der Waals surface area (Å²) in [7, 11) is 1.78. The maximum absolute atomic E-state index is 12.5.